The Labute approximate surface area is 159 Å². The minimum atomic E-state index is -3.80. The van der Waals surface area contributed by atoms with Crippen molar-refractivity contribution < 1.29 is 13.2 Å². The number of benzene rings is 1. The predicted octanol–water partition coefficient (Wildman–Crippen LogP) is 2.41. The number of carbonyl (C=O) groups is 1. The molecule has 7 nitrogen and oxygen atoms in total. The zero-order valence-electron chi connectivity index (χ0n) is 14.0. The van der Waals surface area contributed by atoms with Crippen LogP contribution in [0.5, 0.6) is 0 Å². The van der Waals surface area contributed by atoms with Gasteiger partial charge in [0.2, 0.25) is 5.91 Å². The number of nitrogens with one attached hydrogen (secondary N) is 2. The second kappa shape index (κ2) is 7.70. The van der Waals surface area contributed by atoms with Crippen molar-refractivity contribution in [1.29, 1.82) is 0 Å². The Bertz CT molecular complexity index is 1050. The van der Waals surface area contributed by atoms with Crippen LogP contribution in [0.3, 0.4) is 0 Å². The molecule has 26 heavy (non-hydrogen) atoms. The molecule has 0 fully saturated rings. The fraction of sp³-hybridized carbons (Fsp3) is 0.188. The number of thiophene rings is 1. The van der Waals surface area contributed by atoms with E-state index >= 15 is 0 Å². The van der Waals surface area contributed by atoms with Crippen LogP contribution in [-0.2, 0) is 14.8 Å². The molecule has 136 valence electrons. The van der Waals surface area contributed by atoms with Crippen molar-refractivity contribution >= 4 is 49.2 Å². The first-order valence-corrected chi connectivity index (χ1v) is 10.9. The largest absolute Gasteiger partial charge is 0.277 e. The lowest BCUT2D eigenvalue weighted by Crippen LogP contribution is -2.42. The molecule has 3 rings (SSSR count). The van der Waals surface area contributed by atoms with Gasteiger partial charge in [-0.25, -0.2) is 18.4 Å². The lowest BCUT2D eigenvalue weighted by molar-refractivity contribution is -0.119. The molecular formula is C16H16N4O3S3. The molecule has 1 aromatic carbocycles. The fourth-order valence-corrected chi connectivity index (χ4v) is 4.84. The maximum absolute atomic E-state index is 12.2. The number of aryl methyl sites for hydroxylation is 2. The van der Waals surface area contributed by atoms with Gasteiger partial charge in [-0.3, -0.25) is 10.2 Å². The number of carbonyl (C=O) groups excluding carboxylic acids is 1. The van der Waals surface area contributed by atoms with Crippen molar-refractivity contribution in [2.45, 2.75) is 23.8 Å². The van der Waals surface area contributed by atoms with Gasteiger partial charge < -0.3 is 0 Å². The van der Waals surface area contributed by atoms with Gasteiger partial charge in [0.25, 0.3) is 10.0 Å². The summed E-state index contributed by atoms with van der Waals surface area (Å²) in [4.78, 5) is 23.5. The standard InChI is InChI=1S/C16H16N4O3S3/c1-10-3-5-12(6-4-10)26(22,23)20-19-13(21)8-25-16-14-11(2)7-24-15(14)17-9-18-16/h3-7,9,20H,8H2,1-2H3,(H,19,21). The lowest BCUT2D eigenvalue weighted by atomic mass is 10.2. The van der Waals surface area contributed by atoms with Crippen LogP contribution in [0, 0.1) is 13.8 Å². The number of sulfonamides is 1. The zero-order valence-corrected chi connectivity index (χ0v) is 16.5. The summed E-state index contributed by atoms with van der Waals surface area (Å²) >= 11 is 2.75. The quantitative estimate of drug-likeness (QED) is 0.369. The molecule has 1 amide bonds. The van der Waals surface area contributed by atoms with E-state index in [-0.39, 0.29) is 10.6 Å². The average Bonchev–Trinajstić information content (AvgIpc) is 3.00. The monoisotopic (exact) mass is 408 g/mol. The first kappa shape index (κ1) is 18.8. The molecule has 0 bridgehead atoms. The van der Waals surface area contributed by atoms with Gasteiger partial charge in [0.1, 0.15) is 16.2 Å². The molecule has 0 aliphatic carbocycles. The molecule has 10 heteroatoms. The van der Waals surface area contributed by atoms with Crippen molar-refractivity contribution in [3.05, 3.63) is 47.1 Å². The highest BCUT2D eigenvalue weighted by Crippen LogP contribution is 2.30. The highest BCUT2D eigenvalue weighted by atomic mass is 32.2. The predicted molar refractivity (Wildman–Crippen MR) is 103 cm³/mol. The molecule has 0 aliphatic heterocycles. The molecule has 0 saturated carbocycles. The van der Waals surface area contributed by atoms with Crippen LogP contribution in [-0.4, -0.2) is 30.0 Å². The first-order chi connectivity index (χ1) is 12.4. The van der Waals surface area contributed by atoms with E-state index in [0.717, 1.165) is 21.3 Å². The second-order valence-corrected chi connectivity index (χ2v) is 9.04. The zero-order chi connectivity index (χ0) is 18.7. The van der Waals surface area contributed by atoms with Gasteiger partial charge in [0.15, 0.2) is 0 Å². The van der Waals surface area contributed by atoms with Gasteiger partial charge in [-0.2, -0.15) is 0 Å². The third kappa shape index (κ3) is 4.21. The van der Waals surface area contributed by atoms with Gasteiger partial charge in [-0.05, 0) is 36.9 Å². The highest BCUT2D eigenvalue weighted by molar-refractivity contribution is 8.00. The van der Waals surface area contributed by atoms with Crippen molar-refractivity contribution in [3.63, 3.8) is 0 Å². The van der Waals surface area contributed by atoms with Crippen molar-refractivity contribution in [1.82, 2.24) is 20.2 Å². The number of rotatable bonds is 6. The molecule has 0 spiro atoms. The molecule has 0 radical (unpaired) electrons. The highest BCUT2D eigenvalue weighted by Gasteiger charge is 2.16. The number of hydrazine groups is 1. The molecule has 0 aliphatic rings. The van der Waals surface area contributed by atoms with Gasteiger partial charge in [0, 0.05) is 5.39 Å². The number of aromatic nitrogens is 2. The van der Waals surface area contributed by atoms with Crippen LogP contribution in [0.1, 0.15) is 11.1 Å². The lowest BCUT2D eigenvalue weighted by Gasteiger charge is -2.09. The van der Waals surface area contributed by atoms with E-state index in [9.17, 15) is 13.2 Å². The molecule has 2 N–H and O–H groups in total. The molecule has 2 aromatic heterocycles. The topological polar surface area (TPSA) is 101 Å². The number of amides is 1. The van der Waals surface area contributed by atoms with E-state index in [1.165, 1.54) is 41.6 Å². The first-order valence-electron chi connectivity index (χ1n) is 7.56. The summed E-state index contributed by atoms with van der Waals surface area (Å²) in [6, 6.07) is 6.34. The summed E-state index contributed by atoms with van der Waals surface area (Å²) < 4.78 is 24.3. The Morgan fingerprint density at radius 1 is 1.19 bits per heavy atom. The van der Waals surface area contributed by atoms with E-state index < -0.39 is 15.9 Å². The van der Waals surface area contributed by atoms with Crippen LogP contribution >= 0.6 is 23.1 Å². The third-order valence-corrected chi connectivity index (χ3v) is 6.77. The summed E-state index contributed by atoms with van der Waals surface area (Å²) in [6.07, 6.45) is 1.46. The van der Waals surface area contributed by atoms with Gasteiger partial charge in [-0.1, -0.05) is 29.5 Å². The average molecular weight is 409 g/mol. The molecule has 2 heterocycles. The van der Waals surface area contributed by atoms with E-state index in [4.69, 9.17) is 0 Å². The molecular weight excluding hydrogens is 392 g/mol. The van der Waals surface area contributed by atoms with E-state index in [1.807, 2.05) is 19.2 Å². The van der Waals surface area contributed by atoms with Gasteiger partial charge in [0.05, 0.1) is 10.6 Å². The Morgan fingerprint density at radius 2 is 1.92 bits per heavy atom. The Balaban J connectivity index is 1.60. The fourth-order valence-electron chi connectivity index (χ4n) is 2.16. The van der Waals surface area contributed by atoms with Gasteiger partial charge in [-0.15, -0.1) is 16.2 Å². The van der Waals surface area contributed by atoms with Crippen LogP contribution < -0.4 is 10.3 Å². The maximum Gasteiger partial charge on any atom is 0.257 e. The van der Waals surface area contributed by atoms with Crippen molar-refractivity contribution in [3.8, 4) is 0 Å². The minimum Gasteiger partial charge on any atom is -0.277 e. The summed E-state index contributed by atoms with van der Waals surface area (Å²) in [6.45, 7) is 3.82. The van der Waals surface area contributed by atoms with Crippen LogP contribution in [0.2, 0.25) is 0 Å². The SMILES string of the molecule is Cc1ccc(S(=O)(=O)NNC(=O)CSc2ncnc3scc(C)c23)cc1. The number of fused-ring (bicyclic) bond motifs is 1. The number of thioether (sulfide) groups is 1. The van der Waals surface area contributed by atoms with E-state index in [0.29, 0.717) is 5.03 Å². The van der Waals surface area contributed by atoms with Crippen LogP contribution in [0.4, 0.5) is 0 Å². The van der Waals surface area contributed by atoms with Crippen molar-refractivity contribution in [2.75, 3.05) is 5.75 Å². The number of hydrogen-bond acceptors (Lipinski definition) is 7. The Hall–Kier alpha value is -2.01. The summed E-state index contributed by atoms with van der Waals surface area (Å²) in [5.74, 6) is -0.442. The summed E-state index contributed by atoms with van der Waals surface area (Å²) in [5, 5.41) is 3.61. The molecule has 0 unspecified atom stereocenters. The minimum absolute atomic E-state index is 0.0256. The van der Waals surface area contributed by atoms with Crippen LogP contribution in [0.25, 0.3) is 10.2 Å². The number of hydrogen-bond donors (Lipinski definition) is 2. The molecule has 0 saturated heterocycles. The normalized spacial score (nSPS) is 11.6. The van der Waals surface area contributed by atoms with E-state index in [1.54, 1.807) is 12.1 Å². The Kier molecular flexibility index (Phi) is 5.56. The smallest absolute Gasteiger partial charge is 0.257 e. The third-order valence-electron chi connectivity index (χ3n) is 3.52. The van der Waals surface area contributed by atoms with E-state index in [2.05, 4.69) is 20.2 Å². The maximum atomic E-state index is 12.2. The molecule has 0 atom stereocenters. The van der Waals surface area contributed by atoms with Gasteiger partial charge >= 0.3 is 0 Å². The van der Waals surface area contributed by atoms with Crippen LogP contribution in [0.15, 0.2) is 45.9 Å². The van der Waals surface area contributed by atoms with Crippen molar-refractivity contribution in [2.24, 2.45) is 0 Å². The summed E-state index contributed by atoms with van der Waals surface area (Å²) in [5.41, 5.74) is 4.22. The Morgan fingerprint density at radius 3 is 2.65 bits per heavy atom. The molecule has 3 aromatic rings. The number of nitrogens with zero attached hydrogens (tertiary/aromatic N) is 2. The second-order valence-electron chi connectivity index (χ2n) is 5.53. The summed E-state index contributed by atoms with van der Waals surface area (Å²) in [7, 11) is -3.80.